The first-order chi connectivity index (χ1) is 13.1. The fraction of sp³-hybridized carbons (Fsp3) is 0. The van der Waals surface area contributed by atoms with Gasteiger partial charge in [0.15, 0.2) is 22.5 Å². The van der Waals surface area contributed by atoms with E-state index >= 15 is 0 Å². The van der Waals surface area contributed by atoms with Crippen LogP contribution >= 0.6 is 11.6 Å². The van der Waals surface area contributed by atoms with E-state index in [4.69, 9.17) is 11.6 Å². The van der Waals surface area contributed by atoms with Gasteiger partial charge in [0.2, 0.25) is 0 Å². The van der Waals surface area contributed by atoms with Crippen LogP contribution in [0.15, 0.2) is 71.6 Å². The summed E-state index contributed by atoms with van der Waals surface area (Å²) in [6.07, 6.45) is 0. The van der Waals surface area contributed by atoms with Crippen LogP contribution in [0.4, 0.5) is 0 Å². The molecule has 0 amide bonds. The molecule has 2 aromatic heterocycles. The van der Waals surface area contributed by atoms with Crippen molar-refractivity contribution in [1.29, 1.82) is 0 Å². The van der Waals surface area contributed by atoms with E-state index in [0.29, 0.717) is 16.1 Å². The summed E-state index contributed by atoms with van der Waals surface area (Å²) in [5.41, 5.74) is 0.749. The number of halogens is 1. The van der Waals surface area contributed by atoms with Crippen molar-refractivity contribution in [3.05, 3.63) is 77.6 Å². The Bertz CT molecular complexity index is 1180. The van der Waals surface area contributed by atoms with Gasteiger partial charge < -0.3 is 5.11 Å². The predicted molar refractivity (Wildman–Crippen MR) is 103 cm³/mol. The van der Waals surface area contributed by atoms with Crippen LogP contribution in [0, 0.1) is 0 Å². The fourth-order valence-electron chi connectivity index (χ4n) is 2.69. The first-order valence-corrected chi connectivity index (χ1v) is 9.40. The van der Waals surface area contributed by atoms with Crippen LogP contribution in [0.1, 0.15) is 10.5 Å². The minimum absolute atomic E-state index is 0.102. The van der Waals surface area contributed by atoms with Crippen molar-refractivity contribution in [1.82, 2.24) is 13.9 Å². The summed E-state index contributed by atoms with van der Waals surface area (Å²) in [5.74, 6) is -0.899. The monoisotopic (exact) mass is 397 g/mol. The molecule has 27 heavy (non-hydrogen) atoms. The van der Waals surface area contributed by atoms with Gasteiger partial charge in [0.05, 0.1) is 10.3 Å². The van der Waals surface area contributed by atoms with Gasteiger partial charge in [-0.25, -0.2) is 22.9 Å². The molecule has 0 radical (unpaired) electrons. The summed E-state index contributed by atoms with van der Waals surface area (Å²) in [5, 5.41) is 10.0. The van der Waals surface area contributed by atoms with E-state index in [2.05, 4.69) is 9.97 Å². The molecule has 1 unspecified atom stereocenters. The van der Waals surface area contributed by atoms with E-state index in [0.717, 1.165) is 5.56 Å². The average molecular weight is 398 g/mol. The Morgan fingerprint density at radius 3 is 2.26 bits per heavy atom. The van der Waals surface area contributed by atoms with Crippen molar-refractivity contribution < 1.29 is 14.1 Å². The molecule has 2 aromatic carbocycles. The Labute approximate surface area is 161 Å². The van der Waals surface area contributed by atoms with Crippen molar-refractivity contribution in [2.45, 2.75) is 4.90 Å². The number of benzene rings is 2. The number of hydrogen-bond acceptors (Lipinski definition) is 4. The Hall–Kier alpha value is -3.03. The molecular formula is C19H12ClN3O3S. The number of fused-ring (bicyclic) bond motifs is 1. The minimum Gasteiger partial charge on any atom is -0.477 e. The van der Waals surface area contributed by atoms with Gasteiger partial charge in [-0.1, -0.05) is 60.1 Å². The number of aromatic nitrogens is 3. The molecule has 4 rings (SSSR count). The Balaban J connectivity index is 2.01. The highest BCUT2D eigenvalue weighted by molar-refractivity contribution is 7.83. The molecule has 8 heteroatoms. The number of rotatable bonds is 4. The molecule has 0 aliphatic heterocycles. The molecule has 1 atom stereocenters. The highest BCUT2D eigenvalue weighted by atomic mass is 35.5. The first kappa shape index (κ1) is 17.4. The van der Waals surface area contributed by atoms with E-state index in [1.165, 1.54) is 10.0 Å². The number of hydrogen-bond donors (Lipinski definition) is 1. The van der Waals surface area contributed by atoms with Gasteiger partial charge in [-0.05, 0) is 18.2 Å². The highest BCUT2D eigenvalue weighted by Gasteiger charge is 2.24. The SMILES string of the molecule is O=C(O)c1cc2c(Cl)nc(-c3ccccc3)nc2n1S(=O)c1ccccc1. The van der Waals surface area contributed by atoms with E-state index in [9.17, 15) is 14.1 Å². The van der Waals surface area contributed by atoms with Crippen molar-refractivity contribution in [3.63, 3.8) is 0 Å². The van der Waals surface area contributed by atoms with Gasteiger partial charge in [0.1, 0.15) is 10.8 Å². The second-order valence-electron chi connectivity index (χ2n) is 5.63. The van der Waals surface area contributed by atoms with Gasteiger partial charge in [-0.2, -0.15) is 0 Å². The Morgan fingerprint density at radius 1 is 1.00 bits per heavy atom. The maximum Gasteiger partial charge on any atom is 0.353 e. The maximum atomic E-state index is 13.1. The zero-order chi connectivity index (χ0) is 19.0. The van der Waals surface area contributed by atoms with Crippen molar-refractivity contribution in [2.75, 3.05) is 0 Å². The molecule has 0 saturated carbocycles. The highest BCUT2D eigenvalue weighted by Crippen LogP contribution is 2.29. The molecule has 0 fully saturated rings. The number of carboxylic acids is 1. The van der Waals surface area contributed by atoms with Crippen LogP contribution in [-0.4, -0.2) is 29.2 Å². The maximum absolute atomic E-state index is 13.1. The molecule has 2 heterocycles. The van der Waals surface area contributed by atoms with Gasteiger partial charge in [0, 0.05) is 5.56 Å². The van der Waals surface area contributed by atoms with Crippen molar-refractivity contribution in [3.8, 4) is 11.4 Å². The van der Waals surface area contributed by atoms with Crippen LogP contribution in [0.25, 0.3) is 22.4 Å². The summed E-state index contributed by atoms with van der Waals surface area (Å²) in [6, 6.07) is 19.1. The molecular weight excluding hydrogens is 386 g/mol. The summed E-state index contributed by atoms with van der Waals surface area (Å²) in [7, 11) is -1.81. The topological polar surface area (TPSA) is 85.1 Å². The zero-order valence-corrected chi connectivity index (χ0v) is 15.3. The smallest absolute Gasteiger partial charge is 0.353 e. The van der Waals surface area contributed by atoms with E-state index in [1.54, 1.807) is 30.3 Å². The van der Waals surface area contributed by atoms with Gasteiger partial charge in [-0.3, -0.25) is 0 Å². The Morgan fingerprint density at radius 2 is 1.63 bits per heavy atom. The summed E-state index contributed by atoms with van der Waals surface area (Å²) >= 11 is 6.30. The average Bonchev–Trinajstić information content (AvgIpc) is 3.09. The number of carbonyl (C=O) groups is 1. The lowest BCUT2D eigenvalue weighted by molar-refractivity contribution is 0.0690. The van der Waals surface area contributed by atoms with E-state index < -0.39 is 17.0 Å². The standard InChI is InChI=1S/C19H12ClN3O3S/c20-16-14-11-15(19(24)25)23(27(26)13-9-5-2-6-10-13)18(14)22-17(21-16)12-7-3-1-4-8-12/h1-11H,(H,24,25). The first-order valence-electron chi connectivity index (χ1n) is 7.91. The second kappa shape index (κ2) is 6.94. The van der Waals surface area contributed by atoms with Crippen molar-refractivity contribution >= 4 is 39.6 Å². The molecule has 4 aromatic rings. The third kappa shape index (κ3) is 3.11. The van der Waals surface area contributed by atoms with Crippen molar-refractivity contribution in [2.24, 2.45) is 0 Å². The second-order valence-corrected chi connectivity index (χ2v) is 7.33. The van der Waals surface area contributed by atoms with E-state index in [-0.39, 0.29) is 16.5 Å². The molecule has 134 valence electrons. The summed E-state index contributed by atoms with van der Waals surface area (Å²) < 4.78 is 14.3. The lowest BCUT2D eigenvalue weighted by atomic mass is 10.2. The van der Waals surface area contributed by atoms with Crippen LogP contribution < -0.4 is 0 Å². The molecule has 0 aliphatic carbocycles. The van der Waals surface area contributed by atoms with Gasteiger partial charge >= 0.3 is 5.97 Å². The van der Waals surface area contributed by atoms with Crippen LogP contribution in [0.5, 0.6) is 0 Å². The van der Waals surface area contributed by atoms with Gasteiger partial charge in [0.25, 0.3) is 0 Å². The summed E-state index contributed by atoms with van der Waals surface area (Å²) in [6.45, 7) is 0. The van der Waals surface area contributed by atoms with Crippen LogP contribution in [-0.2, 0) is 11.0 Å². The fourth-order valence-corrected chi connectivity index (χ4v) is 4.12. The predicted octanol–water partition coefficient (Wildman–Crippen LogP) is 4.02. The molecule has 6 nitrogen and oxygen atoms in total. The van der Waals surface area contributed by atoms with Crippen LogP contribution in [0.2, 0.25) is 5.15 Å². The lowest BCUT2D eigenvalue weighted by Gasteiger charge is -2.08. The molecule has 0 saturated heterocycles. The molecule has 0 spiro atoms. The normalized spacial score (nSPS) is 12.2. The molecule has 0 bridgehead atoms. The molecule has 0 aliphatic rings. The number of nitrogens with zero attached hydrogens (tertiary/aromatic N) is 3. The number of carboxylic acid groups (broad SMARTS) is 1. The van der Waals surface area contributed by atoms with Crippen LogP contribution in [0.3, 0.4) is 0 Å². The third-order valence-electron chi connectivity index (χ3n) is 3.93. The quantitative estimate of drug-likeness (QED) is 0.525. The largest absolute Gasteiger partial charge is 0.477 e. The molecule has 1 N–H and O–H groups in total. The number of aromatic carboxylic acids is 1. The summed E-state index contributed by atoms with van der Waals surface area (Å²) in [4.78, 5) is 20.9. The zero-order valence-electron chi connectivity index (χ0n) is 13.7. The third-order valence-corrected chi connectivity index (χ3v) is 5.60. The lowest BCUT2D eigenvalue weighted by Crippen LogP contribution is -2.13. The minimum atomic E-state index is -1.81. The Kier molecular flexibility index (Phi) is 4.47. The van der Waals surface area contributed by atoms with Gasteiger partial charge in [-0.15, -0.1) is 0 Å². The van der Waals surface area contributed by atoms with E-state index in [1.807, 2.05) is 30.3 Å².